The predicted molar refractivity (Wildman–Crippen MR) is 119 cm³/mol. The fraction of sp³-hybridized carbons (Fsp3) is 0.286. The highest BCUT2D eigenvalue weighted by Crippen LogP contribution is 2.38. The third-order valence-electron chi connectivity index (χ3n) is 4.42. The highest BCUT2D eigenvalue weighted by molar-refractivity contribution is 8.00. The molecule has 4 aromatic rings. The zero-order valence-corrected chi connectivity index (χ0v) is 18.6. The molecule has 0 fully saturated rings. The highest BCUT2D eigenvalue weighted by Gasteiger charge is 2.17. The number of anilines is 1. The molecule has 3 heterocycles. The minimum absolute atomic E-state index is 0.0135. The first-order valence-electron chi connectivity index (χ1n) is 9.75. The average Bonchev–Trinajstić information content (AvgIpc) is 3.41. The third-order valence-corrected chi connectivity index (χ3v) is 5.31. The Labute approximate surface area is 184 Å². The standard InChI is InChI=1S/C21H24N6O3S/c1-14(2)30-19-12-15(13-26-10-6-9-22-26)11-18-23-24-21(27(18)19)25-31-20-16(28-3)7-5-8-17(20)29-4/h5-12,14H,13H2,1-4H3,(H,24,25). The second kappa shape index (κ2) is 9.17. The van der Waals surface area contributed by atoms with Crippen LogP contribution in [0.3, 0.4) is 0 Å². The number of aromatic nitrogens is 5. The number of hydrogen-bond donors (Lipinski definition) is 1. The molecule has 0 saturated carbocycles. The molecule has 31 heavy (non-hydrogen) atoms. The maximum atomic E-state index is 6.08. The molecule has 3 aromatic heterocycles. The molecular weight excluding hydrogens is 416 g/mol. The van der Waals surface area contributed by atoms with Gasteiger partial charge in [-0.3, -0.25) is 9.40 Å². The smallest absolute Gasteiger partial charge is 0.242 e. The topological polar surface area (TPSA) is 87.7 Å². The Morgan fingerprint density at radius 2 is 1.84 bits per heavy atom. The molecule has 0 unspecified atom stereocenters. The second-order valence-corrected chi connectivity index (χ2v) is 7.80. The number of pyridine rings is 1. The van der Waals surface area contributed by atoms with Crippen molar-refractivity contribution in [3.05, 3.63) is 54.4 Å². The quantitative estimate of drug-likeness (QED) is 0.392. The molecule has 4 rings (SSSR count). The summed E-state index contributed by atoms with van der Waals surface area (Å²) in [6, 6.07) is 11.5. The van der Waals surface area contributed by atoms with Crippen molar-refractivity contribution in [1.29, 1.82) is 0 Å². The lowest BCUT2D eigenvalue weighted by molar-refractivity contribution is 0.230. The molecule has 0 aliphatic rings. The molecule has 0 amide bonds. The van der Waals surface area contributed by atoms with Gasteiger partial charge in [-0.25, -0.2) is 4.40 Å². The van der Waals surface area contributed by atoms with E-state index in [2.05, 4.69) is 20.0 Å². The summed E-state index contributed by atoms with van der Waals surface area (Å²) >= 11 is 1.34. The van der Waals surface area contributed by atoms with E-state index in [-0.39, 0.29) is 6.10 Å². The maximum absolute atomic E-state index is 6.08. The summed E-state index contributed by atoms with van der Waals surface area (Å²) in [5.41, 5.74) is 1.69. The van der Waals surface area contributed by atoms with Gasteiger partial charge in [-0.15, -0.1) is 10.2 Å². The minimum atomic E-state index is -0.0135. The fourth-order valence-electron chi connectivity index (χ4n) is 3.12. The molecule has 0 aliphatic heterocycles. The Hall–Kier alpha value is -3.40. The second-order valence-electron chi connectivity index (χ2n) is 6.99. The van der Waals surface area contributed by atoms with Crippen molar-refractivity contribution in [2.75, 3.05) is 18.9 Å². The predicted octanol–water partition coefficient (Wildman–Crippen LogP) is 3.90. The molecule has 0 radical (unpaired) electrons. The summed E-state index contributed by atoms with van der Waals surface area (Å²) in [6.07, 6.45) is 3.66. The van der Waals surface area contributed by atoms with Crippen LogP contribution in [-0.4, -0.2) is 44.7 Å². The van der Waals surface area contributed by atoms with Gasteiger partial charge in [0, 0.05) is 18.5 Å². The summed E-state index contributed by atoms with van der Waals surface area (Å²) in [4.78, 5) is 0.811. The molecule has 1 aromatic carbocycles. The van der Waals surface area contributed by atoms with Gasteiger partial charge < -0.3 is 14.2 Å². The summed E-state index contributed by atoms with van der Waals surface area (Å²) in [5, 5.41) is 12.9. The van der Waals surface area contributed by atoms with E-state index in [0.29, 0.717) is 35.5 Å². The summed E-state index contributed by atoms with van der Waals surface area (Å²) in [7, 11) is 3.25. The lowest BCUT2D eigenvalue weighted by Crippen LogP contribution is -2.11. The summed E-state index contributed by atoms with van der Waals surface area (Å²) in [6.45, 7) is 4.58. The van der Waals surface area contributed by atoms with Crippen LogP contribution in [0.5, 0.6) is 17.4 Å². The number of hydrogen-bond acceptors (Lipinski definition) is 8. The Morgan fingerprint density at radius 3 is 2.48 bits per heavy atom. The number of ether oxygens (including phenoxy) is 3. The third kappa shape index (κ3) is 4.53. The van der Waals surface area contributed by atoms with E-state index in [1.54, 1.807) is 20.4 Å². The van der Waals surface area contributed by atoms with Gasteiger partial charge in [0.05, 0.1) is 26.9 Å². The van der Waals surface area contributed by atoms with Crippen LogP contribution in [0.25, 0.3) is 5.65 Å². The number of methoxy groups -OCH3 is 2. The zero-order valence-electron chi connectivity index (χ0n) is 17.8. The number of benzene rings is 1. The Balaban J connectivity index is 1.67. The van der Waals surface area contributed by atoms with Gasteiger partial charge in [-0.2, -0.15) is 5.10 Å². The van der Waals surface area contributed by atoms with Crippen molar-refractivity contribution in [3.63, 3.8) is 0 Å². The SMILES string of the molecule is COc1cccc(OC)c1SNc1nnc2cc(Cn3cccn3)cc(OC(C)C)n12. The molecule has 0 saturated heterocycles. The van der Waals surface area contributed by atoms with Crippen molar-refractivity contribution in [1.82, 2.24) is 24.4 Å². The molecule has 0 spiro atoms. The van der Waals surface area contributed by atoms with Crippen LogP contribution in [-0.2, 0) is 6.54 Å². The van der Waals surface area contributed by atoms with Crippen LogP contribution in [0.1, 0.15) is 19.4 Å². The van der Waals surface area contributed by atoms with Gasteiger partial charge in [-0.05, 0) is 55.6 Å². The van der Waals surface area contributed by atoms with Gasteiger partial charge in [0.15, 0.2) is 5.65 Å². The first-order chi connectivity index (χ1) is 15.1. The van der Waals surface area contributed by atoms with Crippen LogP contribution < -0.4 is 18.9 Å². The number of nitrogens with one attached hydrogen (secondary N) is 1. The van der Waals surface area contributed by atoms with Crippen LogP contribution in [0.2, 0.25) is 0 Å². The van der Waals surface area contributed by atoms with Crippen molar-refractivity contribution < 1.29 is 14.2 Å². The molecular formula is C21H24N6O3S. The maximum Gasteiger partial charge on any atom is 0.242 e. The Kier molecular flexibility index (Phi) is 6.17. The molecule has 10 heteroatoms. The van der Waals surface area contributed by atoms with Gasteiger partial charge in [-0.1, -0.05) is 6.07 Å². The monoisotopic (exact) mass is 440 g/mol. The molecule has 9 nitrogen and oxygen atoms in total. The van der Waals surface area contributed by atoms with Gasteiger partial charge in [0.25, 0.3) is 0 Å². The van der Waals surface area contributed by atoms with Crippen molar-refractivity contribution in [3.8, 4) is 17.4 Å². The van der Waals surface area contributed by atoms with Crippen LogP contribution in [0, 0.1) is 0 Å². The van der Waals surface area contributed by atoms with Crippen molar-refractivity contribution >= 4 is 23.5 Å². The van der Waals surface area contributed by atoms with E-state index in [9.17, 15) is 0 Å². The molecule has 162 valence electrons. The number of nitrogens with zero attached hydrogens (tertiary/aromatic N) is 5. The Morgan fingerprint density at radius 1 is 1.06 bits per heavy atom. The molecule has 0 aliphatic carbocycles. The normalized spacial score (nSPS) is 11.1. The van der Waals surface area contributed by atoms with Crippen LogP contribution in [0.4, 0.5) is 5.95 Å². The molecule has 0 bridgehead atoms. The number of rotatable bonds is 9. The van der Waals surface area contributed by atoms with Crippen LogP contribution >= 0.6 is 11.9 Å². The van der Waals surface area contributed by atoms with Gasteiger partial charge >= 0.3 is 0 Å². The lowest BCUT2D eigenvalue weighted by Gasteiger charge is -2.15. The van der Waals surface area contributed by atoms with E-state index in [1.165, 1.54) is 11.9 Å². The van der Waals surface area contributed by atoms with E-state index in [4.69, 9.17) is 14.2 Å². The van der Waals surface area contributed by atoms with Crippen molar-refractivity contribution in [2.45, 2.75) is 31.4 Å². The minimum Gasteiger partial charge on any atom is -0.495 e. The molecule has 0 atom stereocenters. The highest BCUT2D eigenvalue weighted by atomic mass is 32.2. The van der Waals surface area contributed by atoms with E-state index >= 15 is 0 Å². The summed E-state index contributed by atoms with van der Waals surface area (Å²) < 4.78 is 24.0. The van der Waals surface area contributed by atoms with Crippen molar-refractivity contribution in [2.24, 2.45) is 0 Å². The largest absolute Gasteiger partial charge is 0.495 e. The average molecular weight is 441 g/mol. The van der Waals surface area contributed by atoms with Crippen LogP contribution in [0.15, 0.2) is 53.7 Å². The summed E-state index contributed by atoms with van der Waals surface area (Å²) in [5.74, 6) is 2.58. The van der Waals surface area contributed by atoms with E-state index < -0.39 is 0 Å². The fourth-order valence-corrected chi connectivity index (χ4v) is 3.95. The van der Waals surface area contributed by atoms with E-state index in [1.807, 2.05) is 65.5 Å². The first-order valence-corrected chi connectivity index (χ1v) is 10.6. The van der Waals surface area contributed by atoms with Gasteiger partial charge in [0.1, 0.15) is 16.4 Å². The van der Waals surface area contributed by atoms with Gasteiger partial charge in [0.2, 0.25) is 11.8 Å². The number of fused-ring (bicyclic) bond motifs is 1. The zero-order chi connectivity index (χ0) is 21.8. The first kappa shape index (κ1) is 20.9. The lowest BCUT2D eigenvalue weighted by atomic mass is 10.2. The Bertz CT molecular complexity index is 1140. The van der Waals surface area contributed by atoms with E-state index in [0.717, 1.165) is 10.5 Å². The molecule has 1 N–H and O–H groups in total.